The fraction of sp³-hybridized carbons (Fsp3) is 0.294. The van der Waals surface area contributed by atoms with Crippen LogP contribution in [0.15, 0.2) is 41.7 Å². The number of nitrogens with zero attached hydrogens (tertiary/aromatic N) is 2. The van der Waals surface area contributed by atoms with Gasteiger partial charge in [-0.05, 0) is 30.2 Å². The maximum absolute atomic E-state index is 11.4. The largest absolute Gasteiger partial charge is 0.478 e. The van der Waals surface area contributed by atoms with Crippen LogP contribution in [-0.4, -0.2) is 33.0 Å². The van der Waals surface area contributed by atoms with Gasteiger partial charge in [0.25, 0.3) is 0 Å². The van der Waals surface area contributed by atoms with Crippen LogP contribution in [0, 0.1) is 0 Å². The second kappa shape index (κ2) is 4.96. The summed E-state index contributed by atoms with van der Waals surface area (Å²) in [6.07, 6.45) is 5.60. The second-order valence-corrected chi connectivity index (χ2v) is 5.84. The van der Waals surface area contributed by atoms with Gasteiger partial charge in [-0.1, -0.05) is 6.92 Å². The number of hydrogen-bond acceptors (Lipinski definition) is 4. The molecule has 118 valence electrons. The van der Waals surface area contributed by atoms with E-state index in [1.807, 2.05) is 37.0 Å². The number of aromatic nitrogens is 2. The van der Waals surface area contributed by atoms with Crippen LogP contribution in [0.2, 0.25) is 0 Å². The number of rotatable bonds is 3. The molecule has 1 fully saturated rings. The fourth-order valence-electron chi connectivity index (χ4n) is 3.06. The van der Waals surface area contributed by atoms with E-state index in [0.29, 0.717) is 5.57 Å². The molecule has 4 heterocycles. The van der Waals surface area contributed by atoms with Gasteiger partial charge in [-0.3, -0.25) is 0 Å². The lowest BCUT2D eigenvalue weighted by Crippen LogP contribution is -2.19. The highest BCUT2D eigenvalue weighted by Gasteiger charge is 2.46. The summed E-state index contributed by atoms with van der Waals surface area (Å²) in [4.78, 5) is 15.9. The number of carbonyl (C=O) groups is 1. The van der Waals surface area contributed by atoms with Gasteiger partial charge in [0.05, 0.1) is 5.57 Å². The van der Waals surface area contributed by atoms with Crippen LogP contribution in [0.25, 0.3) is 16.7 Å². The van der Waals surface area contributed by atoms with Crippen LogP contribution in [0.5, 0.6) is 0 Å². The number of fused-ring (bicyclic) bond motifs is 2. The molecule has 0 bridgehead atoms. The molecule has 2 N–H and O–H groups in total. The lowest BCUT2D eigenvalue weighted by Gasteiger charge is -2.13. The van der Waals surface area contributed by atoms with E-state index in [1.165, 1.54) is 0 Å². The third-order valence-corrected chi connectivity index (χ3v) is 4.36. The van der Waals surface area contributed by atoms with Gasteiger partial charge < -0.3 is 19.7 Å². The number of hydrogen-bond donors (Lipinski definition) is 2. The van der Waals surface area contributed by atoms with Crippen LogP contribution in [0.1, 0.15) is 18.9 Å². The predicted octanol–water partition coefficient (Wildman–Crippen LogP) is 2.03. The minimum absolute atomic E-state index is 0.275. The average Bonchev–Trinajstić information content (AvgIpc) is 3.22. The summed E-state index contributed by atoms with van der Waals surface area (Å²) in [5.41, 5.74) is 4.02. The lowest BCUT2D eigenvalue weighted by atomic mass is 10.0. The Morgan fingerprint density at radius 2 is 2.35 bits per heavy atom. The van der Waals surface area contributed by atoms with Gasteiger partial charge in [-0.25, -0.2) is 9.78 Å². The minimum atomic E-state index is -0.928. The number of aliphatic carboxylic acids is 1. The van der Waals surface area contributed by atoms with Crippen LogP contribution in [0.4, 0.5) is 0 Å². The third kappa shape index (κ3) is 2.22. The standard InChI is InChI=1S/C17H17N3O3/c1-3-9-7-12(17(21)22)14-16(23-14)19-13(9)11-6-10-4-5-20(2)15(10)18-8-11/h4-8,14,16,19H,3H2,1-2H3,(H,21,22). The number of carboxylic acid groups (broad SMARTS) is 1. The zero-order valence-electron chi connectivity index (χ0n) is 12.9. The first-order chi connectivity index (χ1) is 11.1. The molecule has 2 aromatic heterocycles. The van der Waals surface area contributed by atoms with Crippen LogP contribution < -0.4 is 5.32 Å². The molecule has 0 aliphatic carbocycles. The lowest BCUT2D eigenvalue weighted by molar-refractivity contribution is -0.132. The normalized spacial score (nSPS) is 23.1. The SMILES string of the molecule is CCC1=C(c2cnc3c(ccn3C)c2)NC2OC2C(C(=O)O)=C1. The maximum Gasteiger partial charge on any atom is 0.334 e. The van der Waals surface area contributed by atoms with E-state index >= 15 is 0 Å². The van der Waals surface area contributed by atoms with Crippen molar-refractivity contribution >= 4 is 22.7 Å². The molecule has 6 nitrogen and oxygen atoms in total. The Labute approximate surface area is 133 Å². The van der Waals surface area contributed by atoms with Gasteiger partial charge in [0, 0.05) is 36.1 Å². The number of carboxylic acids is 1. The predicted molar refractivity (Wildman–Crippen MR) is 85.4 cm³/mol. The zero-order valence-corrected chi connectivity index (χ0v) is 12.9. The van der Waals surface area contributed by atoms with Crippen LogP contribution in [-0.2, 0) is 16.6 Å². The van der Waals surface area contributed by atoms with Crippen molar-refractivity contribution in [2.45, 2.75) is 25.7 Å². The highest BCUT2D eigenvalue weighted by Crippen LogP contribution is 2.36. The molecule has 0 radical (unpaired) electrons. The topological polar surface area (TPSA) is 79.7 Å². The summed E-state index contributed by atoms with van der Waals surface area (Å²) in [7, 11) is 1.96. The van der Waals surface area contributed by atoms with E-state index in [9.17, 15) is 9.90 Å². The molecule has 0 amide bonds. The van der Waals surface area contributed by atoms with E-state index in [0.717, 1.165) is 34.3 Å². The Hall–Kier alpha value is -2.60. The summed E-state index contributed by atoms with van der Waals surface area (Å²) >= 11 is 0. The Kier molecular flexibility index (Phi) is 3.02. The van der Waals surface area contributed by atoms with Crippen molar-refractivity contribution in [3.63, 3.8) is 0 Å². The number of allylic oxidation sites excluding steroid dienone is 2. The van der Waals surface area contributed by atoms with Gasteiger partial charge in [-0.2, -0.15) is 0 Å². The molecule has 2 aliphatic heterocycles. The molecule has 23 heavy (non-hydrogen) atoms. The van der Waals surface area contributed by atoms with Crippen molar-refractivity contribution in [3.05, 3.63) is 47.3 Å². The average molecular weight is 311 g/mol. The summed E-state index contributed by atoms with van der Waals surface area (Å²) in [6.45, 7) is 2.01. The first kappa shape index (κ1) is 14.0. The molecule has 4 rings (SSSR count). The molecule has 2 unspecified atom stereocenters. The molecular formula is C17H17N3O3. The number of epoxide rings is 1. The summed E-state index contributed by atoms with van der Waals surface area (Å²) in [5, 5.41) is 13.7. The zero-order chi connectivity index (χ0) is 16.1. The molecule has 2 aromatic rings. The third-order valence-electron chi connectivity index (χ3n) is 4.36. The highest BCUT2D eigenvalue weighted by molar-refractivity contribution is 5.91. The molecule has 2 aliphatic rings. The van der Waals surface area contributed by atoms with Crippen molar-refractivity contribution in [2.24, 2.45) is 7.05 Å². The van der Waals surface area contributed by atoms with Crippen molar-refractivity contribution < 1.29 is 14.6 Å². The van der Waals surface area contributed by atoms with E-state index in [2.05, 4.69) is 16.4 Å². The molecule has 2 atom stereocenters. The highest BCUT2D eigenvalue weighted by atomic mass is 16.6. The number of aryl methyl sites for hydroxylation is 1. The van der Waals surface area contributed by atoms with Crippen molar-refractivity contribution in [1.29, 1.82) is 0 Å². The van der Waals surface area contributed by atoms with E-state index in [-0.39, 0.29) is 12.3 Å². The first-order valence-electron chi connectivity index (χ1n) is 7.60. The van der Waals surface area contributed by atoms with Crippen LogP contribution in [0.3, 0.4) is 0 Å². The Morgan fingerprint density at radius 1 is 1.52 bits per heavy atom. The van der Waals surface area contributed by atoms with E-state index in [1.54, 1.807) is 6.08 Å². The first-order valence-corrected chi connectivity index (χ1v) is 7.60. The van der Waals surface area contributed by atoms with Crippen molar-refractivity contribution in [1.82, 2.24) is 14.9 Å². The van der Waals surface area contributed by atoms with Gasteiger partial charge in [0.1, 0.15) is 11.8 Å². The smallest absolute Gasteiger partial charge is 0.334 e. The van der Waals surface area contributed by atoms with E-state index < -0.39 is 5.97 Å². The van der Waals surface area contributed by atoms with Crippen molar-refractivity contribution in [3.8, 4) is 0 Å². The Balaban J connectivity index is 1.84. The van der Waals surface area contributed by atoms with Gasteiger partial charge in [-0.15, -0.1) is 0 Å². The Bertz CT molecular complexity index is 878. The number of pyridine rings is 1. The molecule has 6 heteroatoms. The minimum Gasteiger partial charge on any atom is -0.478 e. The fourth-order valence-corrected chi connectivity index (χ4v) is 3.06. The molecule has 1 saturated heterocycles. The number of ether oxygens (including phenoxy) is 1. The number of nitrogens with one attached hydrogen (secondary N) is 1. The molecular weight excluding hydrogens is 294 g/mol. The van der Waals surface area contributed by atoms with Crippen molar-refractivity contribution in [2.75, 3.05) is 0 Å². The summed E-state index contributed by atoms with van der Waals surface area (Å²) < 4.78 is 7.42. The Morgan fingerprint density at radius 3 is 3.09 bits per heavy atom. The molecule has 0 aromatic carbocycles. The summed E-state index contributed by atoms with van der Waals surface area (Å²) in [5.74, 6) is -0.928. The maximum atomic E-state index is 11.4. The quantitative estimate of drug-likeness (QED) is 0.848. The summed E-state index contributed by atoms with van der Waals surface area (Å²) in [6, 6.07) is 4.08. The second-order valence-electron chi connectivity index (χ2n) is 5.84. The van der Waals surface area contributed by atoms with Crippen LogP contribution >= 0.6 is 0 Å². The van der Waals surface area contributed by atoms with Gasteiger partial charge in [0.2, 0.25) is 0 Å². The van der Waals surface area contributed by atoms with Gasteiger partial charge >= 0.3 is 5.97 Å². The van der Waals surface area contributed by atoms with Gasteiger partial charge in [0.15, 0.2) is 6.23 Å². The molecule has 0 spiro atoms. The monoisotopic (exact) mass is 311 g/mol. The molecule has 0 saturated carbocycles. The van der Waals surface area contributed by atoms with E-state index in [4.69, 9.17) is 4.74 Å².